The Bertz CT molecular complexity index is 578. The summed E-state index contributed by atoms with van der Waals surface area (Å²) in [4.78, 5) is 8.90. The van der Waals surface area contributed by atoms with Gasteiger partial charge < -0.3 is 20.6 Å². The van der Waals surface area contributed by atoms with Crippen LogP contribution in [0.3, 0.4) is 0 Å². The van der Waals surface area contributed by atoms with Gasteiger partial charge in [-0.1, -0.05) is 23.2 Å². The van der Waals surface area contributed by atoms with Crippen LogP contribution in [0.1, 0.15) is 11.7 Å². The normalized spacial score (nSPS) is 21.2. The first-order valence-corrected chi connectivity index (χ1v) is 9.12. The number of benzene rings is 1. The van der Waals surface area contributed by atoms with Gasteiger partial charge in [-0.3, -0.25) is 9.89 Å². The molecule has 1 aromatic carbocycles. The minimum absolute atomic E-state index is 0.316. The number of likely N-dealkylation sites (N-methyl/N-ethyl adjacent to an activating group) is 2. The molecule has 2 rings (SSSR count). The van der Waals surface area contributed by atoms with Crippen molar-refractivity contribution in [2.45, 2.75) is 12.1 Å². The van der Waals surface area contributed by atoms with E-state index < -0.39 is 6.10 Å². The highest BCUT2D eigenvalue weighted by Crippen LogP contribution is 2.23. The Morgan fingerprint density at radius 3 is 2.56 bits per heavy atom. The molecule has 1 saturated heterocycles. The van der Waals surface area contributed by atoms with Gasteiger partial charge in [0.05, 0.1) is 6.10 Å². The molecule has 3 N–H and O–H groups in total. The molecule has 0 bridgehead atoms. The van der Waals surface area contributed by atoms with E-state index in [4.69, 9.17) is 23.2 Å². The zero-order chi connectivity index (χ0) is 18.4. The summed E-state index contributed by atoms with van der Waals surface area (Å²) < 4.78 is 0. The molecule has 25 heavy (non-hydrogen) atoms. The molecule has 1 aliphatic rings. The summed E-state index contributed by atoms with van der Waals surface area (Å²) in [6, 6.07) is 5.49. The zero-order valence-electron chi connectivity index (χ0n) is 15.0. The number of aliphatic imine (C=N–C) groups is 1. The average Bonchev–Trinajstić information content (AvgIpc) is 2.56. The molecule has 2 atom stereocenters. The van der Waals surface area contributed by atoms with Crippen LogP contribution in [-0.2, 0) is 0 Å². The number of rotatable bonds is 5. The Balaban J connectivity index is 1.83. The van der Waals surface area contributed by atoms with Crippen LogP contribution < -0.4 is 10.6 Å². The summed E-state index contributed by atoms with van der Waals surface area (Å²) in [5.41, 5.74) is 0.675. The lowest BCUT2D eigenvalue weighted by molar-refractivity contribution is 0.116. The topological polar surface area (TPSA) is 63.1 Å². The Labute approximate surface area is 159 Å². The maximum Gasteiger partial charge on any atom is 0.191 e. The molecule has 0 aromatic heterocycles. The number of aliphatic hydroxyl groups is 1. The smallest absolute Gasteiger partial charge is 0.191 e. The van der Waals surface area contributed by atoms with E-state index in [0.717, 1.165) is 26.2 Å². The second kappa shape index (κ2) is 9.59. The van der Waals surface area contributed by atoms with Crippen LogP contribution in [0.25, 0.3) is 0 Å². The lowest BCUT2D eigenvalue weighted by atomic mass is 10.1. The van der Waals surface area contributed by atoms with Crippen molar-refractivity contribution < 1.29 is 5.11 Å². The van der Waals surface area contributed by atoms with Crippen LogP contribution >= 0.6 is 23.2 Å². The lowest BCUT2D eigenvalue weighted by Gasteiger charge is -2.38. The van der Waals surface area contributed by atoms with E-state index >= 15 is 0 Å². The van der Waals surface area contributed by atoms with Gasteiger partial charge in [-0.15, -0.1) is 0 Å². The number of guanidine groups is 1. The third kappa shape index (κ3) is 6.31. The molecule has 1 aliphatic heterocycles. The van der Waals surface area contributed by atoms with Crippen molar-refractivity contribution in [3.8, 4) is 0 Å². The molecule has 0 spiro atoms. The molecule has 0 radical (unpaired) electrons. The molecular weight excluding hydrogens is 361 g/mol. The number of halogens is 2. The molecule has 6 nitrogen and oxygen atoms in total. The van der Waals surface area contributed by atoms with Gasteiger partial charge in [0.1, 0.15) is 0 Å². The minimum Gasteiger partial charge on any atom is -0.387 e. The molecule has 8 heteroatoms. The number of aliphatic hydroxyl groups excluding tert-OH is 1. The van der Waals surface area contributed by atoms with E-state index in [9.17, 15) is 5.11 Å². The number of nitrogens with one attached hydrogen (secondary N) is 2. The fraction of sp³-hybridized carbons (Fsp3) is 0.588. The lowest BCUT2D eigenvalue weighted by Crippen LogP contribution is -2.55. The first-order valence-electron chi connectivity index (χ1n) is 8.36. The third-order valence-electron chi connectivity index (χ3n) is 4.44. The van der Waals surface area contributed by atoms with Crippen LogP contribution in [0.5, 0.6) is 0 Å². The quantitative estimate of drug-likeness (QED) is 0.526. The van der Waals surface area contributed by atoms with E-state index in [-0.39, 0.29) is 0 Å². The van der Waals surface area contributed by atoms with Crippen LogP contribution in [0.15, 0.2) is 23.2 Å². The molecule has 0 saturated carbocycles. The SMILES string of the molecule is CN=C(NCC(O)c1cc(Cl)cc(Cl)c1)NCC1CN(C)CCN1C. The molecular formula is C17H27Cl2N5O. The van der Waals surface area contributed by atoms with Crippen molar-refractivity contribution in [3.05, 3.63) is 33.8 Å². The maximum absolute atomic E-state index is 10.3. The van der Waals surface area contributed by atoms with Crippen LogP contribution in [0.2, 0.25) is 10.0 Å². The third-order valence-corrected chi connectivity index (χ3v) is 4.88. The molecule has 0 amide bonds. The van der Waals surface area contributed by atoms with Crippen molar-refractivity contribution in [1.29, 1.82) is 0 Å². The zero-order valence-corrected chi connectivity index (χ0v) is 16.5. The fourth-order valence-corrected chi connectivity index (χ4v) is 3.38. The maximum atomic E-state index is 10.3. The number of hydrogen-bond acceptors (Lipinski definition) is 4. The predicted molar refractivity (Wildman–Crippen MR) is 105 cm³/mol. The van der Waals surface area contributed by atoms with Gasteiger partial charge in [-0.05, 0) is 37.9 Å². The Hall–Kier alpha value is -1.05. The monoisotopic (exact) mass is 387 g/mol. The van der Waals surface area contributed by atoms with Crippen molar-refractivity contribution in [2.75, 3.05) is 53.9 Å². The average molecular weight is 388 g/mol. The van der Waals surface area contributed by atoms with Gasteiger partial charge >= 0.3 is 0 Å². The van der Waals surface area contributed by atoms with Gasteiger partial charge in [-0.2, -0.15) is 0 Å². The minimum atomic E-state index is -0.724. The highest BCUT2D eigenvalue weighted by atomic mass is 35.5. The highest BCUT2D eigenvalue weighted by Gasteiger charge is 2.22. The van der Waals surface area contributed by atoms with Crippen molar-refractivity contribution in [3.63, 3.8) is 0 Å². The van der Waals surface area contributed by atoms with Crippen molar-refractivity contribution in [1.82, 2.24) is 20.4 Å². The fourth-order valence-electron chi connectivity index (χ4n) is 2.84. The summed E-state index contributed by atoms with van der Waals surface area (Å²) >= 11 is 12.0. The van der Waals surface area contributed by atoms with Crippen LogP contribution in [0.4, 0.5) is 0 Å². The Kier molecular flexibility index (Phi) is 7.78. The summed E-state index contributed by atoms with van der Waals surface area (Å²) in [6.07, 6.45) is -0.724. The van der Waals surface area contributed by atoms with Crippen molar-refractivity contribution >= 4 is 29.2 Å². The van der Waals surface area contributed by atoms with Gasteiger partial charge in [0.15, 0.2) is 5.96 Å². The molecule has 0 aliphatic carbocycles. The second-order valence-electron chi connectivity index (χ2n) is 6.45. The largest absolute Gasteiger partial charge is 0.387 e. The van der Waals surface area contributed by atoms with Gasteiger partial charge in [0.25, 0.3) is 0 Å². The van der Waals surface area contributed by atoms with E-state index in [0.29, 0.717) is 34.2 Å². The first kappa shape index (κ1) is 20.3. The first-order chi connectivity index (χ1) is 11.9. The number of piperazine rings is 1. The standard InChI is InChI=1S/C17H27Cl2N5O/c1-20-17(21-9-15-11-23(2)4-5-24(15)3)22-10-16(25)12-6-13(18)8-14(19)7-12/h6-8,15-16,25H,4-5,9-11H2,1-3H3,(H2,20,21,22). The van der Waals surface area contributed by atoms with E-state index in [1.807, 2.05) is 0 Å². The van der Waals surface area contributed by atoms with Gasteiger partial charge in [0, 0.05) is 55.9 Å². The van der Waals surface area contributed by atoms with Gasteiger partial charge in [0.2, 0.25) is 0 Å². The predicted octanol–water partition coefficient (Wildman–Crippen LogP) is 1.44. The Morgan fingerprint density at radius 1 is 1.24 bits per heavy atom. The van der Waals surface area contributed by atoms with E-state index in [2.05, 4.69) is 39.5 Å². The van der Waals surface area contributed by atoms with E-state index in [1.165, 1.54) is 0 Å². The van der Waals surface area contributed by atoms with Crippen molar-refractivity contribution in [2.24, 2.45) is 4.99 Å². The summed E-state index contributed by atoms with van der Waals surface area (Å²) in [5.74, 6) is 0.661. The van der Waals surface area contributed by atoms with E-state index in [1.54, 1.807) is 25.2 Å². The summed E-state index contributed by atoms with van der Waals surface area (Å²) in [5, 5.41) is 17.8. The summed E-state index contributed by atoms with van der Waals surface area (Å²) in [7, 11) is 6.00. The van der Waals surface area contributed by atoms with Crippen LogP contribution in [-0.4, -0.2) is 80.8 Å². The number of hydrogen-bond donors (Lipinski definition) is 3. The number of nitrogens with zero attached hydrogens (tertiary/aromatic N) is 3. The molecule has 2 unspecified atom stereocenters. The highest BCUT2D eigenvalue weighted by molar-refractivity contribution is 6.34. The molecule has 1 aromatic rings. The van der Waals surface area contributed by atoms with Gasteiger partial charge in [-0.25, -0.2) is 0 Å². The molecule has 140 valence electrons. The molecule has 1 fully saturated rings. The van der Waals surface area contributed by atoms with Crippen LogP contribution in [0, 0.1) is 0 Å². The molecule has 1 heterocycles. The second-order valence-corrected chi connectivity index (χ2v) is 7.32. The Morgan fingerprint density at radius 2 is 1.92 bits per heavy atom. The summed E-state index contributed by atoms with van der Waals surface area (Å²) in [6.45, 7) is 4.28.